The van der Waals surface area contributed by atoms with Gasteiger partial charge < -0.3 is 20.1 Å². The van der Waals surface area contributed by atoms with E-state index in [1.54, 1.807) is 30.6 Å². The minimum Gasteiger partial charge on any atom is -0.454 e. The second-order valence-electron chi connectivity index (χ2n) is 5.32. The Morgan fingerprint density at radius 1 is 1.17 bits per heavy atom. The molecule has 0 unspecified atom stereocenters. The number of carbonyl (C=O) groups excluding carboxylic acids is 2. The van der Waals surface area contributed by atoms with Crippen LogP contribution in [0, 0.1) is 0 Å². The van der Waals surface area contributed by atoms with Gasteiger partial charge in [-0.2, -0.15) is 0 Å². The third-order valence-corrected chi connectivity index (χ3v) is 3.63. The summed E-state index contributed by atoms with van der Waals surface area (Å²) < 4.78 is 10.4. The van der Waals surface area contributed by atoms with Gasteiger partial charge in [-0.15, -0.1) is 0 Å². The predicted molar refractivity (Wildman–Crippen MR) is 85.7 cm³/mol. The van der Waals surface area contributed by atoms with Crippen LogP contribution in [0.15, 0.2) is 42.7 Å². The van der Waals surface area contributed by atoms with Gasteiger partial charge in [-0.25, -0.2) is 0 Å². The molecule has 24 heavy (non-hydrogen) atoms. The van der Waals surface area contributed by atoms with Crippen molar-refractivity contribution in [2.24, 2.45) is 0 Å². The Balaban J connectivity index is 1.51. The number of nitrogens with one attached hydrogen (secondary N) is 2. The van der Waals surface area contributed by atoms with Gasteiger partial charge in [0.15, 0.2) is 11.5 Å². The number of hydrogen-bond donors (Lipinski definition) is 2. The molecular weight excluding hydrogens is 310 g/mol. The SMILES string of the molecule is C[C@@H](NC(=O)CNC(=O)c1ccc2c(c1)OCO2)c1ccncc1. The summed E-state index contributed by atoms with van der Waals surface area (Å²) in [4.78, 5) is 28.0. The monoisotopic (exact) mass is 327 g/mol. The molecule has 0 radical (unpaired) electrons. The van der Waals surface area contributed by atoms with Gasteiger partial charge in [-0.3, -0.25) is 14.6 Å². The van der Waals surface area contributed by atoms with E-state index in [0.717, 1.165) is 5.56 Å². The van der Waals surface area contributed by atoms with Crippen LogP contribution in [-0.4, -0.2) is 30.1 Å². The van der Waals surface area contributed by atoms with E-state index in [2.05, 4.69) is 15.6 Å². The molecule has 2 amide bonds. The molecule has 1 atom stereocenters. The van der Waals surface area contributed by atoms with Crippen LogP contribution < -0.4 is 20.1 Å². The molecule has 2 N–H and O–H groups in total. The highest BCUT2D eigenvalue weighted by molar-refractivity contribution is 5.97. The van der Waals surface area contributed by atoms with Gasteiger partial charge in [0.1, 0.15) is 0 Å². The number of amides is 2. The lowest BCUT2D eigenvalue weighted by Gasteiger charge is -2.14. The fourth-order valence-corrected chi connectivity index (χ4v) is 2.33. The van der Waals surface area contributed by atoms with E-state index in [9.17, 15) is 9.59 Å². The Kier molecular flexibility index (Phi) is 4.60. The maximum atomic E-state index is 12.1. The van der Waals surface area contributed by atoms with Crippen molar-refractivity contribution in [2.75, 3.05) is 13.3 Å². The number of carbonyl (C=O) groups is 2. The normalized spacial score (nSPS) is 13.2. The van der Waals surface area contributed by atoms with Gasteiger partial charge >= 0.3 is 0 Å². The van der Waals surface area contributed by atoms with Crippen LogP contribution in [-0.2, 0) is 4.79 Å². The molecular formula is C17H17N3O4. The molecule has 2 heterocycles. The van der Waals surface area contributed by atoms with Crippen molar-refractivity contribution in [2.45, 2.75) is 13.0 Å². The molecule has 0 fully saturated rings. The summed E-state index contributed by atoms with van der Waals surface area (Å²) in [6.07, 6.45) is 3.33. The van der Waals surface area contributed by atoms with Crippen molar-refractivity contribution in [3.8, 4) is 11.5 Å². The fourth-order valence-electron chi connectivity index (χ4n) is 2.33. The van der Waals surface area contributed by atoms with Crippen LogP contribution in [0.1, 0.15) is 28.9 Å². The van der Waals surface area contributed by atoms with Crippen molar-refractivity contribution >= 4 is 11.8 Å². The lowest BCUT2D eigenvalue weighted by atomic mass is 10.1. The molecule has 1 aromatic carbocycles. The molecule has 1 aliphatic rings. The van der Waals surface area contributed by atoms with Crippen molar-refractivity contribution in [1.29, 1.82) is 0 Å². The molecule has 124 valence electrons. The zero-order valence-electron chi connectivity index (χ0n) is 13.1. The number of hydrogen-bond acceptors (Lipinski definition) is 5. The van der Waals surface area contributed by atoms with Crippen molar-refractivity contribution in [3.63, 3.8) is 0 Å². The number of fused-ring (bicyclic) bond motifs is 1. The maximum Gasteiger partial charge on any atom is 0.251 e. The smallest absolute Gasteiger partial charge is 0.251 e. The molecule has 0 bridgehead atoms. The van der Waals surface area contributed by atoms with E-state index in [1.807, 2.05) is 19.1 Å². The fraction of sp³-hybridized carbons (Fsp3) is 0.235. The highest BCUT2D eigenvalue weighted by Gasteiger charge is 2.17. The van der Waals surface area contributed by atoms with Gasteiger partial charge in [-0.1, -0.05) is 0 Å². The molecule has 3 rings (SSSR count). The number of rotatable bonds is 5. The van der Waals surface area contributed by atoms with Crippen LogP contribution in [0.2, 0.25) is 0 Å². The minimum atomic E-state index is -0.347. The predicted octanol–water partition coefficient (Wildman–Crippen LogP) is 1.42. The second-order valence-corrected chi connectivity index (χ2v) is 5.32. The summed E-state index contributed by atoms with van der Waals surface area (Å²) in [6, 6.07) is 8.38. The van der Waals surface area contributed by atoms with E-state index < -0.39 is 0 Å². The average Bonchev–Trinajstić information content (AvgIpc) is 3.08. The quantitative estimate of drug-likeness (QED) is 0.867. The van der Waals surface area contributed by atoms with Crippen molar-refractivity contribution in [1.82, 2.24) is 15.6 Å². The minimum absolute atomic E-state index is 0.108. The maximum absolute atomic E-state index is 12.1. The lowest BCUT2D eigenvalue weighted by molar-refractivity contribution is -0.120. The van der Waals surface area contributed by atoms with E-state index in [0.29, 0.717) is 17.1 Å². The van der Waals surface area contributed by atoms with Crippen LogP contribution in [0.3, 0.4) is 0 Å². The summed E-state index contributed by atoms with van der Waals surface area (Å²) in [6.45, 7) is 1.91. The van der Waals surface area contributed by atoms with Crippen molar-refractivity contribution < 1.29 is 19.1 Å². The molecule has 0 saturated heterocycles. The van der Waals surface area contributed by atoms with E-state index >= 15 is 0 Å². The van der Waals surface area contributed by atoms with Crippen LogP contribution in [0.4, 0.5) is 0 Å². The van der Waals surface area contributed by atoms with Gasteiger partial charge in [0, 0.05) is 18.0 Å². The number of benzene rings is 1. The Hall–Kier alpha value is -3.09. The molecule has 0 aliphatic carbocycles. The third kappa shape index (κ3) is 3.62. The van der Waals surface area contributed by atoms with E-state index in [4.69, 9.17) is 9.47 Å². The Bertz CT molecular complexity index is 749. The van der Waals surface area contributed by atoms with Gasteiger partial charge in [-0.05, 0) is 42.8 Å². The molecule has 7 nitrogen and oxygen atoms in total. The first-order chi connectivity index (χ1) is 11.6. The highest BCUT2D eigenvalue weighted by atomic mass is 16.7. The second kappa shape index (κ2) is 6.99. The largest absolute Gasteiger partial charge is 0.454 e. The topological polar surface area (TPSA) is 89.6 Å². The van der Waals surface area contributed by atoms with Gasteiger partial charge in [0.2, 0.25) is 12.7 Å². The molecule has 0 spiro atoms. The Morgan fingerprint density at radius 2 is 1.92 bits per heavy atom. The van der Waals surface area contributed by atoms with E-state index in [1.165, 1.54) is 0 Å². The highest BCUT2D eigenvalue weighted by Crippen LogP contribution is 2.32. The number of nitrogens with zero attached hydrogens (tertiary/aromatic N) is 1. The molecule has 1 aliphatic heterocycles. The zero-order valence-corrected chi connectivity index (χ0v) is 13.1. The van der Waals surface area contributed by atoms with Crippen LogP contribution >= 0.6 is 0 Å². The first-order valence-electron chi connectivity index (χ1n) is 7.50. The average molecular weight is 327 g/mol. The third-order valence-electron chi connectivity index (χ3n) is 3.63. The number of ether oxygens (including phenoxy) is 2. The summed E-state index contributed by atoms with van der Waals surface area (Å²) in [7, 11) is 0. The molecule has 1 aromatic heterocycles. The zero-order chi connectivity index (χ0) is 16.9. The van der Waals surface area contributed by atoms with Crippen molar-refractivity contribution in [3.05, 3.63) is 53.9 Å². The summed E-state index contributed by atoms with van der Waals surface area (Å²) in [5.41, 5.74) is 1.36. The number of pyridine rings is 1. The first kappa shape index (κ1) is 15.8. The first-order valence-corrected chi connectivity index (χ1v) is 7.50. The van der Waals surface area contributed by atoms with Gasteiger partial charge in [0.25, 0.3) is 5.91 Å². The summed E-state index contributed by atoms with van der Waals surface area (Å²) >= 11 is 0. The molecule has 2 aromatic rings. The summed E-state index contributed by atoms with van der Waals surface area (Å²) in [5, 5.41) is 5.41. The Morgan fingerprint density at radius 3 is 2.71 bits per heavy atom. The standard InChI is InChI=1S/C17H17N3O4/c1-11(12-4-6-18-7-5-12)20-16(21)9-19-17(22)13-2-3-14-15(8-13)24-10-23-14/h2-8,11H,9-10H2,1H3,(H,19,22)(H,20,21)/t11-/m1/s1. The van der Waals surface area contributed by atoms with Crippen LogP contribution in [0.5, 0.6) is 11.5 Å². The van der Waals surface area contributed by atoms with Gasteiger partial charge in [0.05, 0.1) is 12.6 Å². The molecule has 7 heteroatoms. The molecule has 0 saturated carbocycles. The lowest BCUT2D eigenvalue weighted by Crippen LogP contribution is -2.38. The number of aromatic nitrogens is 1. The summed E-state index contributed by atoms with van der Waals surface area (Å²) in [5.74, 6) is 0.516. The van der Waals surface area contributed by atoms with Crippen LogP contribution in [0.25, 0.3) is 0 Å². The van der Waals surface area contributed by atoms with E-state index in [-0.39, 0.29) is 31.2 Å². The Labute approximate surface area is 139 Å².